The van der Waals surface area contributed by atoms with Gasteiger partial charge in [-0.3, -0.25) is 9.97 Å². The standard InChI is InChI=1S/C18H17N3O/c1-12-10-14(7-9-19-12)13-5-6-15-17(11-13)22-18(21-15)16-4-2-3-8-20-16/h2-4,7-10,13H,5-6,11H2,1H3. The number of pyridine rings is 2. The topological polar surface area (TPSA) is 51.8 Å². The lowest BCUT2D eigenvalue weighted by molar-refractivity contribution is 0.457. The molecule has 3 aromatic heterocycles. The second-order valence-electron chi connectivity index (χ2n) is 5.77. The van der Waals surface area contributed by atoms with Crippen molar-refractivity contribution >= 4 is 0 Å². The summed E-state index contributed by atoms with van der Waals surface area (Å²) >= 11 is 0. The van der Waals surface area contributed by atoms with Crippen LogP contribution in [0.2, 0.25) is 0 Å². The van der Waals surface area contributed by atoms with E-state index in [0.29, 0.717) is 11.8 Å². The minimum atomic E-state index is 0.485. The van der Waals surface area contributed by atoms with Gasteiger partial charge in [-0.05, 0) is 55.5 Å². The van der Waals surface area contributed by atoms with E-state index >= 15 is 0 Å². The fourth-order valence-electron chi connectivity index (χ4n) is 3.08. The van der Waals surface area contributed by atoms with Gasteiger partial charge < -0.3 is 4.42 Å². The van der Waals surface area contributed by atoms with Gasteiger partial charge >= 0.3 is 0 Å². The van der Waals surface area contributed by atoms with Crippen molar-refractivity contribution in [3.63, 3.8) is 0 Å². The molecule has 1 aliphatic rings. The van der Waals surface area contributed by atoms with Crippen LogP contribution in [-0.4, -0.2) is 15.0 Å². The van der Waals surface area contributed by atoms with Crippen molar-refractivity contribution in [1.29, 1.82) is 0 Å². The molecule has 0 saturated carbocycles. The van der Waals surface area contributed by atoms with E-state index in [9.17, 15) is 0 Å². The van der Waals surface area contributed by atoms with Crippen LogP contribution in [0.15, 0.2) is 47.1 Å². The first kappa shape index (κ1) is 13.2. The van der Waals surface area contributed by atoms with Crippen LogP contribution in [0.4, 0.5) is 0 Å². The molecule has 0 N–H and O–H groups in total. The molecule has 0 bridgehead atoms. The van der Waals surface area contributed by atoms with Crippen molar-refractivity contribution < 1.29 is 4.42 Å². The zero-order chi connectivity index (χ0) is 14.9. The molecule has 4 rings (SSSR count). The van der Waals surface area contributed by atoms with Crippen LogP contribution >= 0.6 is 0 Å². The first-order valence-electron chi connectivity index (χ1n) is 7.62. The molecule has 1 atom stereocenters. The lowest BCUT2D eigenvalue weighted by Crippen LogP contribution is -2.12. The molecular formula is C18H17N3O. The third-order valence-electron chi connectivity index (χ3n) is 4.22. The minimum absolute atomic E-state index is 0.485. The molecule has 1 aliphatic carbocycles. The van der Waals surface area contributed by atoms with Gasteiger partial charge in [-0.15, -0.1) is 0 Å². The summed E-state index contributed by atoms with van der Waals surface area (Å²) in [6, 6.07) is 10.1. The minimum Gasteiger partial charge on any atom is -0.440 e. The molecule has 1 unspecified atom stereocenters. The Kier molecular flexibility index (Phi) is 3.22. The Morgan fingerprint density at radius 2 is 2.09 bits per heavy atom. The van der Waals surface area contributed by atoms with Crippen molar-refractivity contribution in [2.75, 3.05) is 0 Å². The van der Waals surface area contributed by atoms with Gasteiger partial charge in [0.05, 0.1) is 5.69 Å². The zero-order valence-electron chi connectivity index (χ0n) is 12.5. The zero-order valence-corrected chi connectivity index (χ0v) is 12.5. The molecule has 0 spiro atoms. The Labute approximate surface area is 129 Å². The molecule has 0 amide bonds. The summed E-state index contributed by atoms with van der Waals surface area (Å²) in [5.41, 5.74) is 4.29. The average molecular weight is 291 g/mol. The van der Waals surface area contributed by atoms with Crippen LogP contribution in [0, 0.1) is 6.92 Å². The van der Waals surface area contributed by atoms with E-state index in [2.05, 4.69) is 27.1 Å². The molecule has 4 nitrogen and oxygen atoms in total. The predicted molar refractivity (Wildman–Crippen MR) is 83.5 cm³/mol. The second-order valence-corrected chi connectivity index (χ2v) is 5.77. The Morgan fingerprint density at radius 1 is 1.14 bits per heavy atom. The highest BCUT2D eigenvalue weighted by Gasteiger charge is 2.25. The lowest BCUT2D eigenvalue weighted by Gasteiger charge is -2.20. The monoisotopic (exact) mass is 291 g/mol. The fraction of sp³-hybridized carbons (Fsp3) is 0.278. The van der Waals surface area contributed by atoms with Gasteiger partial charge in [0.1, 0.15) is 11.5 Å². The Balaban J connectivity index is 1.63. The van der Waals surface area contributed by atoms with E-state index in [-0.39, 0.29) is 0 Å². The Hall–Kier alpha value is -2.49. The maximum Gasteiger partial charge on any atom is 0.245 e. The number of hydrogen-bond acceptors (Lipinski definition) is 4. The molecule has 110 valence electrons. The quantitative estimate of drug-likeness (QED) is 0.722. The maximum absolute atomic E-state index is 5.98. The smallest absolute Gasteiger partial charge is 0.245 e. The van der Waals surface area contributed by atoms with Crippen LogP contribution in [-0.2, 0) is 12.8 Å². The number of hydrogen-bond donors (Lipinski definition) is 0. The lowest BCUT2D eigenvalue weighted by atomic mass is 9.85. The van der Waals surface area contributed by atoms with Gasteiger partial charge in [-0.25, -0.2) is 4.98 Å². The molecule has 3 heterocycles. The molecule has 4 heteroatoms. The van der Waals surface area contributed by atoms with E-state index in [0.717, 1.165) is 42.1 Å². The van der Waals surface area contributed by atoms with Gasteiger partial charge in [0.15, 0.2) is 0 Å². The summed E-state index contributed by atoms with van der Waals surface area (Å²) in [4.78, 5) is 13.2. The van der Waals surface area contributed by atoms with Gasteiger partial charge in [0.2, 0.25) is 5.89 Å². The Bertz CT molecular complexity index is 795. The van der Waals surface area contributed by atoms with Crippen molar-refractivity contribution in [2.24, 2.45) is 0 Å². The molecule has 0 saturated heterocycles. The summed E-state index contributed by atoms with van der Waals surface area (Å²) < 4.78 is 5.98. The van der Waals surface area contributed by atoms with Crippen LogP contribution < -0.4 is 0 Å². The predicted octanol–water partition coefficient (Wildman–Crippen LogP) is 3.71. The van der Waals surface area contributed by atoms with Gasteiger partial charge in [-0.2, -0.15) is 0 Å². The van der Waals surface area contributed by atoms with E-state index in [1.165, 1.54) is 5.56 Å². The van der Waals surface area contributed by atoms with E-state index in [4.69, 9.17) is 4.42 Å². The van der Waals surface area contributed by atoms with E-state index in [1.54, 1.807) is 6.20 Å². The van der Waals surface area contributed by atoms with Gasteiger partial charge in [0.25, 0.3) is 0 Å². The highest BCUT2D eigenvalue weighted by atomic mass is 16.4. The number of nitrogens with zero attached hydrogens (tertiary/aromatic N) is 3. The third-order valence-corrected chi connectivity index (χ3v) is 4.22. The van der Waals surface area contributed by atoms with Crippen molar-refractivity contribution in [1.82, 2.24) is 15.0 Å². The van der Waals surface area contributed by atoms with Crippen molar-refractivity contribution in [2.45, 2.75) is 32.1 Å². The van der Waals surface area contributed by atoms with Crippen LogP contribution in [0.5, 0.6) is 0 Å². The number of oxazole rings is 1. The van der Waals surface area contributed by atoms with Gasteiger partial charge in [0, 0.05) is 24.5 Å². The van der Waals surface area contributed by atoms with E-state index in [1.807, 2.05) is 31.3 Å². The van der Waals surface area contributed by atoms with E-state index < -0.39 is 0 Å². The summed E-state index contributed by atoms with van der Waals surface area (Å²) in [5.74, 6) is 2.13. The molecular weight excluding hydrogens is 274 g/mol. The molecule has 0 radical (unpaired) electrons. The highest BCUT2D eigenvalue weighted by molar-refractivity contribution is 5.47. The highest BCUT2D eigenvalue weighted by Crippen LogP contribution is 2.34. The van der Waals surface area contributed by atoms with Crippen LogP contribution in [0.3, 0.4) is 0 Å². The van der Waals surface area contributed by atoms with Gasteiger partial charge in [-0.1, -0.05) is 6.07 Å². The summed E-state index contributed by atoms with van der Waals surface area (Å²) in [7, 11) is 0. The van der Waals surface area contributed by atoms with Crippen LogP contribution in [0.1, 0.15) is 35.1 Å². The summed E-state index contributed by atoms with van der Waals surface area (Å²) in [5, 5.41) is 0. The first-order chi connectivity index (χ1) is 10.8. The molecule has 22 heavy (non-hydrogen) atoms. The molecule has 0 fully saturated rings. The second kappa shape index (κ2) is 5.37. The fourth-order valence-corrected chi connectivity index (χ4v) is 3.08. The summed E-state index contributed by atoms with van der Waals surface area (Å²) in [6.45, 7) is 2.03. The SMILES string of the molecule is Cc1cc(C2CCc3nc(-c4ccccn4)oc3C2)ccn1. The van der Waals surface area contributed by atoms with Crippen LogP contribution in [0.25, 0.3) is 11.6 Å². The number of aryl methyl sites for hydroxylation is 2. The maximum atomic E-state index is 5.98. The van der Waals surface area contributed by atoms with Crippen molar-refractivity contribution in [3.05, 3.63) is 65.4 Å². The number of fused-ring (bicyclic) bond motifs is 1. The van der Waals surface area contributed by atoms with Crippen molar-refractivity contribution in [3.8, 4) is 11.6 Å². The largest absolute Gasteiger partial charge is 0.440 e. The molecule has 0 aliphatic heterocycles. The average Bonchev–Trinajstić information content (AvgIpc) is 2.99. The molecule has 3 aromatic rings. The first-order valence-corrected chi connectivity index (χ1v) is 7.62. The number of rotatable bonds is 2. The molecule has 0 aromatic carbocycles. The summed E-state index contributed by atoms with van der Waals surface area (Å²) in [6.07, 6.45) is 6.61. The third kappa shape index (κ3) is 2.41. The Morgan fingerprint density at radius 3 is 2.91 bits per heavy atom. The number of aromatic nitrogens is 3. The normalized spacial score (nSPS) is 17.2.